The molecular formula is C14H13Cl2N3. The predicted molar refractivity (Wildman–Crippen MR) is 77.9 cm³/mol. The Bertz CT molecular complexity index is 601. The van der Waals surface area contributed by atoms with Crippen molar-refractivity contribution in [2.24, 2.45) is 0 Å². The van der Waals surface area contributed by atoms with Crippen LogP contribution in [0.25, 0.3) is 0 Å². The van der Waals surface area contributed by atoms with Gasteiger partial charge in [-0.05, 0) is 35.6 Å². The Morgan fingerprint density at radius 2 is 1.89 bits per heavy atom. The fourth-order valence-corrected chi connectivity index (χ4v) is 2.78. The number of fused-ring (bicyclic) bond motifs is 1. The van der Waals surface area contributed by atoms with Crippen molar-refractivity contribution in [3.63, 3.8) is 0 Å². The number of nitrogens with zero attached hydrogens (tertiary/aromatic N) is 3. The van der Waals surface area contributed by atoms with E-state index in [2.05, 4.69) is 39.1 Å². The van der Waals surface area contributed by atoms with Crippen molar-refractivity contribution in [1.82, 2.24) is 9.97 Å². The maximum Gasteiger partial charge on any atom is 0.224 e. The van der Waals surface area contributed by atoms with Crippen LogP contribution in [0.4, 0.5) is 5.82 Å². The van der Waals surface area contributed by atoms with Crippen LogP contribution in [0.2, 0.25) is 10.3 Å². The first-order valence-electron chi connectivity index (χ1n) is 6.24. The van der Waals surface area contributed by atoms with Crippen molar-refractivity contribution in [3.8, 4) is 0 Å². The second-order valence-electron chi connectivity index (χ2n) is 4.60. The highest BCUT2D eigenvalue weighted by molar-refractivity contribution is 6.33. The quantitative estimate of drug-likeness (QED) is 0.750. The highest BCUT2D eigenvalue weighted by Gasteiger charge is 2.18. The lowest BCUT2D eigenvalue weighted by atomic mass is 10.0. The fraction of sp³-hybridized carbons (Fsp3) is 0.286. The molecular weight excluding hydrogens is 281 g/mol. The average molecular weight is 294 g/mol. The van der Waals surface area contributed by atoms with Crippen LogP contribution < -0.4 is 4.90 Å². The van der Waals surface area contributed by atoms with Crippen LogP contribution in [0, 0.1) is 0 Å². The van der Waals surface area contributed by atoms with E-state index in [1.165, 1.54) is 11.1 Å². The van der Waals surface area contributed by atoms with E-state index in [1.807, 2.05) is 0 Å². The molecule has 0 bridgehead atoms. The highest BCUT2D eigenvalue weighted by atomic mass is 35.5. The van der Waals surface area contributed by atoms with Crippen molar-refractivity contribution in [2.45, 2.75) is 19.4 Å². The molecule has 0 amide bonds. The number of rotatable bonds is 1. The maximum atomic E-state index is 6.18. The molecule has 3 nitrogen and oxygen atoms in total. The molecule has 5 heteroatoms. The molecule has 0 saturated carbocycles. The van der Waals surface area contributed by atoms with Crippen molar-refractivity contribution in [1.29, 1.82) is 0 Å². The molecule has 1 aliphatic rings. The molecule has 2 aromatic rings. The summed E-state index contributed by atoms with van der Waals surface area (Å²) >= 11 is 12.1. The van der Waals surface area contributed by atoms with E-state index in [-0.39, 0.29) is 5.28 Å². The molecule has 98 valence electrons. The van der Waals surface area contributed by atoms with Crippen LogP contribution in [0.3, 0.4) is 0 Å². The van der Waals surface area contributed by atoms with E-state index < -0.39 is 0 Å². The third-order valence-electron chi connectivity index (χ3n) is 3.35. The van der Waals surface area contributed by atoms with E-state index in [0.717, 1.165) is 31.7 Å². The van der Waals surface area contributed by atoms with E-state index in [9.17, 15) is 0 Å². The van der Waals surface area contributed by atoms with Crippen molar-refractivity contribution in [3.05, 3.63) is 51.9 Å². The van der Waals surface area contributed by atoms with Crippen molar-refractivity contribution < 1.29 is 0 Å². The minimum atomic E-state index is 0.233. The molecule has 0 unspecified atom stereocenters. The average Bonchev–Trinajstić information content (AvgIpc) is 2.63. The third-order valence-corrected chi connectivity index (χ3v) is 3.80. The van der Waals surface area contributed by atoms with Gasteiger partial charge in [0.25, 0.3) is 0 Å². The van der Waals surface area contributed by atoms with E-state index >= 15 is 0 Å². The Kier molecular flexibility index (Phi) is 3.58. The minimum Gasteiger partial charge on any atom is -0.351 e. The Balaban J connectivity index is 1.96. The van der Waals surface area contributed by atoms with Crippen LogP contribution in [0.15, 0.2) is 30.5 Å². The number of aromatic nitrogens is 2. The number of halogens is 2. The molecule has 0 aliphatic carbocycles. The van der Waals surface area contributed by atoms with Gasteiger partial charge in [0.2, 0.25) is 5.28 Å². The normalized spacial score (nSPS) is 14.9. The number of benzene rings is 1. The summed E-state index contributed by atoms with van der Waals surface area (Å²) in [4.78, 5) is 10.3. The number of hydrogen-bond donors (Lipinski definition) is 0. The predicted octanol–water partition coefficient (Wildman–Crippen LogP) is 3.74. The summed E-state index contributed by atoms with van der Waals surface area (Å²) in [7, 11) is 0. The number of aryl methyl sites for hydroxylation is 1. The maximum absolute atomic E-state index is 6.18. The van der Waals surface area contributed by atoms with Crippen LogP contribution in [-0.2, 0) is 13.0 Å². The van der Waals surface area contributed by atoms with E-state index in [0.29, 0.717) is 5.02 Å². The topological polar surface area (TPSA) is 29.0 Å². The minimum absolute atomic E-state index is 0.233. The van der Waals surface area contributed by atoms with E-state index in [4.69, 9.17) is 23.2 Å². The zero-order valence-corrected chi connectivity index (χ0v) is 11.8. The van der Waals surface area contributed by atoms with E-state index in [1.54, 1.807) is 6.20 Å². The number of anilines is 1. The van der Waals surface area contributed by atoms with Gasteiger partial charge in [-0.2, -0.15) is 4.98 Å². The first kappa shape index (κ1) is 12.7. The fourth-order valence-electron chi connectivity index (χ4n) is 2.44. The summed E-state index contributed by atoms with van der Waals surface area (Å²) in [6.45, 7) is 1.73. The summed E-state index contributed by atoms with van der Waals surface area (Å²) in [5.74, 6) is 0.721. The lowest BCUT2D eigenvalue weighted by Crippen LogP contribution is -2.24. The van der Waals surface area contributed by atoms with Crippen LogP contribution in [0.5, 0.6) is 0 Å². The molecule has 0 saturated heterocycles. The second-order valence-corrected chi connectivity index (χ2v) is 5.35. The van der Waals surface area contributed by atoms with Crippen LogP contribution in [0.1, 0.15) is 17.5 Å². The van der Waals surface area contributed by atoms with Gasteiger partial charge < -0.3 is 4.90 Å². The lowest BCUT2D eigenvalue weighted by molar-refractivity contribution is 0.753. The summed E-state index contributed by atoms with van der Waals surface area (Å²) in [6.07, 6.45) is 3.72. The van der Waals surface area contributed by atoms with Gasteiger partial charge in [0, 0.05) is 13.1 Å². The van der Waals surface area contributed by atoms with Gasteiger partial charge in [-0.1, -0.05) is 35.9 Å². The molecule has 1 aromatic carbocycles. The molecule has 19 heavy (non-hydrogen) atoms. The standard InChI is InChI=1S/C14H13Cl2N3/c15-12-8-17-14(16)18-13(12)19-7-3-6-10-4-1-2-5-11(10)9-19/h1-2,4-5,8H,3,6-7,9H2. The van der Waals surface area contributed by atoms with Gasteiger partial charge in [0.1, 0.15) is 5.02 Å². The molecule has 0 radical (unpaired) electrons. The van der Waals surface area contributed by atoms with Gasteiger partial charge >= 0.3 is 0 Å². The molecule has 0 N–H and O–H groups in total. The Morgan fingerprint density at radius 1 is 1.11 bits per heavy atom. The van der Waals surface area contributed by atoms with Crippen molar-refractivity contribution in [2.75, 3.05) is 11.4 Å². The van der Waals surface area contributed by atoms with Gasteiger partial charge in [-0.3, -0.25) is 0 Å². The summed E-state index contributed by atoms with van der Waals surface area (Å²) in [5.41, 5.74) is 2.73. The Hall–Kier alpha value is -1.32. The SMILES string of the molecule is Clc1ncc(Cl)c(N2CCCc3ccccc3C2)n1. The van der Waals surface area contributed by atoms with Gasteiger partial charge in [-0.15, -0.1) is 0 Å². The Labute approximate surface area is 122 Å². The Morgan fingerprint density at radius 3 is 2.74 bits per heavy atom. The summed E-state index contributed by atoms with van der Waals surface area (Å²) in [5, 5.41) is 0.778. The molecule has 3 rings (SSSR count). The van der Waals surface area contributed by atoms with Gasteiger partial charge in [-0.25, -0.2) is 4.98 Å². The smallest absolute Gasteiger partial charge is 0.224 e. The largest absolute Gasteiger partial charge is 0.351 e. The third kappa shape index (κ3) is 2.67. The molecule has 0 fully saturated rings. The first-order chi connectivity index (χ1) is 9.24. The zero-order valence-electron chi connectivity index (χ0n) is 10.3. The second kappa shape index (κ2) is 5.35. The van der Waals surface area contributed by atoms with Crippen molar-refractivity contribution >= 4 is 29.0 Å². The molecule has 1 aromatic heterocycles. The highest BCUT2D eigenvalue weighted by Crippen LogP contribution is 2.28. The zero-order chi connectivity index (χ0) is 13.2. The van der Waals surface area contributed by atoms with Crippen LogP contribution >= 0.6 is 23.2 Å². The number of hydrogen-bond acceptors (Lipinski definition) is 3. The molecule has 1 aliphatic heterocycles. The monoisotopic (exact) mass is 293 g/mol. The summed E-state index contributed by atoms with van der Waals surface area (Å²) < 4.78 is 0. The molecule has 0 spiro atoms. The first-order valence-corrected chi connectivity index (χ1v) is 6.99. The molecule has 2 heterocycles. The summed E-state index contributed by atoms with van der Waals surface area (Å²) in [6, 6.07) is 8.50. The van der Waals surface area contributed by atoms with Gasteiger partial charge in [0.05, 0.1) is 6.20 Å². The van der Waals surface area contributed by atoms with Gasteiger partial charge in [0.15, 0.2) is 5.82 Å². The van der Waals surface area contributed by atoms with Crippen LogP contribution in [-0.4, -0.2) is 16.5 Å². The lowest BCUT2D eigenvalue weighted by Gasteiger charge is -2.22. The molecule has 0 atom stereocenters.